The fourth-order valence-corrected chi connectivity index (χ4v) is 2.04. The number of phenolic OH excluding ortho intramolecular Hbond substituents is 1. The highest BCUT2D eigenvalue weighted by Gasteiger charge is 2.29. The number of rotatable bonds is 4. The summed E-state index contributed by atoms with van der Waals surface area (Å²) in [5.74, 6) is 0.152. The van der Waals surface area contributed by atoms with E-state index in [-0.39, 0.29) is 18.0 Å². The number of phenols is 1. The lowest BCUT2D eigenvalue weighted by Gasteiger charge is -2.19. The van der Waals surface area contributed by atoms with Crippen LogP contribution in [0.1, 0.15) is 5.56 Å². The molecule has 0 unspecified atom stereocenters. The number of methoxy groups -OCH3 is 1. The minimum atomic E-state index is -4.23. The van der Waals surface area contributed by atoms with Crippen molar-refractivity contribution in [2.75, 3.05) is 20.7 Å². The Morgan fingerprint density at radius 2 is 2.00 bits per heavy atom. The van der Waals surface area contributed by atoms with Crippen molar-refractivity contribution < 1.29 is 23.0 Å². The van der Waals surface area contributed by atoms with E-state index in [4.69, 9.17) is 4.74 Å². The number of halogens is 4. The summed E-state index contributed by atoms with van der Waals surface area (Å²) in [5.41, 5.74) is 0.614. The number of hydrogen-bond acceptors (Lipinski definition) is 3. The fourth-order valence-electron chi connectivity index (χ4n) is 1.55. The van der Waals surface area contributed by atoms with E-state index in [1.807, 2.05) is 0 Å². The predicted molar refractivity (Wildman–Crippen MR) is 64.7 cm³/mol. The molecule has 1 N–H and O–H groups in total. The van der Waals surface area contributed by atoms with Crippen LogP contribution in [0.3, 0.4) is 0 Å². The number of hydrogen-bond donors (Lipinski definition) is 1. The van der Waals surface area contributed by atoms with Crippen LogP contribution in [0.2, 0.25) is 0 Å². The van der Waals surface area contributed by atoms with Crippen molar-refractivity contribution in [3.63, 3.8) is 0 Å². The average molecular weight is 328 g/mol. The zero-order chi connectivity index (χ0) is 13.9. The summed E-state index contributed by atoms with van der Waals surface area (Å²) in [5, 5.41) is 9.58. The van der Waals surface area contributed by atoms with E-state index in [2.05, 4.69) is 15.9 Å². The molecule has 0 radical (unpaired) electrons. The maximum atomic E-state index is 12.2. The van der Waals surface area contributed by atoms with Crippen molar-refractivity contribution in [1.29, 1.82) is 0 Å². The van der Waals surface area contributed by atoms with Crippen molar-refractivity contribution in [3.05, 3.63) is 22.2 Å². The molecule has 0 saturated carbocycles. The van der Waals surface area contributed by atoms with E-state index in [1.165, 1.54) is 20.2 Å². The zero-order valence-electron chi connectivity index (χ0n) is 9.88. The molecule has 0 aliphatic rings. The van der Waals surface area contributed by atoms with Gasteiger partial charge in [-0.15, -0.1) is 0 Å². The maximum Gasteiger partial charge on any atom is 0.401 e. The van der Waals surface area contributed by atoms with Crippen LogP contribution in [0.4, 0.5) is 13.2 Å². The minimum Gasteiger partial charge on any atom is -0.503 e. The summed E-state index contributed by atoms with van der Waals surface area (Å²) in [7, 11) is 2.76. The van der Waals surface area contributed by atoms with Gasteiger partial charge in [0.05, 0.1) is 18.1 Å². The summed E-state index contributed by atoms with van der Waals surface area (Å²) in [4.78, 5) is 1.14. The third kappa shape index (κ3) is 4.38. The third-order valence-electron chi connectivity index (χ3n) is 2.21. The molecule has 18 heavy (non-hydrogen) atoms. The van der Waals surface area contributed by atoms with E-state index < -0.39 is 12.7 Å². The summed E-state index contributed by atoms with van der Waals surface area (Å²) in [6, 6.07) is 3.07. The molecule has 0 aromatic heterocycles. The van der Waals surface area contributed by atoms with Crippen LogP contribution in [0, 0.1) is 0 Å². The standard InChI is InChI=1S/C11H13BrF3NO2/c1-16(6-11(13,14)15)5-7-3-8(12)10(17)9(4-7)18-2/h3-4,17H,5-6H2,1-2H3. The van der Waals surface area contributed by atoms with Crippen LogP contribution in [0.15, 0.2) is 16.6 Å². The first-order valence-electron chi connectivity index (χ1n) is 5.03. The van der Waals surface area contributed by atoms with Crippen molar-refractivity contribution in [2.24, 2.45) is 0 Å². The van der Waals surface area contributed by atoms with E-state index >= 15 is 0 Å². The molecule has 0 fully saturated rings. The van der Waals surface area contributed by atoms with Gasteiger partial charge in [-0.25, -0.2) is 0 Å². The molecule has 7 heteroatoms. The van der Waals surface area contributed by atoms with Gasteiger partial charge in [0.15, 0.2) is 11.5 Å². The number of alkyl halides is 3. The molecule has 0 atom stereocenters. The summed E-state index contributed by atoms with van der Waals surface area (Å²) in [6.45, 7) is -0.886. The summed E-state index contributed by atoms with van der Waals surface area (Å²) >= 11 is 3.12. The molecule has 0 aliphatic heterocycles. The second kappa shape index (κ2) is 5.79. The molecule has 0 spiro atoms. The molecule has 102 valence electrons. The Morgan fingerprint density at radius 1 is 1.39 bits per heavy atom. The van der Waals surface area contributed by atoms with Gasteiger partial charge in [0.2, 0.25) is 0 Å². The molecule has 0 heterocycles. The Bertz CT molecular complexity index is 423. The summed E-state index contributed by atoms with van der Waals surface area (Å²) < 4.78 is 41.9. The highest BCUT2D eigenvalue weighted by molar-refractivity contribution is 9.10. The first-order valence-corrected chi connectivity index (χ1v) is 5.83. The van der Waals surface area contributed by atoms with Crippen LogP contribution >= 0.6 is 15.9 Å². The van der Waals surface area contributed by atoms with Gasteiger partial charge >= 0.3 is 6.18 Å². The third-order valence-corrected chi connectivity index (χ3v) is 2.81. The van der Waals surface area contributed by atoms with Crippen molar-refractivity contribution >= 4 is 15.9 Å². The van der Waals surface area contributed by atoms with Crippen LogP contribution in [0.25, 0.3) is 0 Å². The molecule has 1 rings (SSSR count). The van der Waals surface area contributed by atoms with Crippen LogP contribution < -0.4 is 4.74 Å². The zero-order valence-corrected chi connectivity index (χ0v) is 11.5. The normalized spacial score (nSPS) is 11.9. The second-order valence-corrected chi connectivity index (χ2v) is 4.77. The molecule has 3 nitrogen and oxygen atoms in total. The largest absolute Gasteiger partial charge is 0.503 e. The number of ether oxygens (including phenoxy) is 1. The highest BCUT2D eigenvalue weighted by atomic mass is 79.9. The van der Waals surface area contributed by atoms with Gasteiger partial charge in [-0.2, -0.15) is 13.2 Å². The van der Waals surface area contributed by atoms with Crippen LogP contribution in [-0.2, 0) is 6.54 Å². The van der Waals surface area contributed by atoms with E-state index in [0.717, 1.165) is 4.90 Å². The van der Waals surface area contributed by atoms with Gasteiger partial charge < -0.3 is 9.84 Å². The average Bonchev–Trinajstić information content (AvgIpc) is 2.20. The minimum absolute atomic E-state index is 0.0697. The van der Waals surface area contributed by atoms with Crippen LogP contribution in [-0.4, -0.2) is 36.9 Å². The van der Waals surface area contributed by atoms with Crippen molar-refractivity contribution in [2.45, 2.75) is 12.7 Å². The molecule has 0 aliphatic carbocycles. The quantitative estimate of drug-likeness (QED) is 0.922. The van der Waals surface area contributed by atoms with E-state index in [9.17, 15) is 18.3 Å². The molecule has 1 aromatic rings. The van der Waals surface area contributed by atoms with Gasteiger partial charge in [0.1, 0.15) is 0 Å². The molecule has 0 saturated heterocycles. The van der Waals surface area contributed by atoms with Crippen LogP contribution in [0.5, 0.6) is 11.5 Å². The van der Waals surface area contributed by atoms with Gasteiger partial charge in [-0.3, -0.25) is 4.90 Å². The lowest BCUT2D eigenvalue weighted by molar-refractivity contribution is -0.144. The molecular weight excluding hydrogens is 315 g/mol. The van der Waals surface area contributed by atoms with Gasteiger partial charge in [0.25, 0.3) is 0 Å². The number of aromatic hydroxyl groups is 1. The summed E-state index contributed by atoms with van der Waals surface area (Å²) in [6.07, 6.45) is -4.23. The van der Waals surface area contributed by atoms with Gasteiger partial charge in [-0.05, 0) is 40.7 Å². The lowest BCUT2D eigenvalue weighted by atomic mass is 10.2. The fraction of sp³-hybridized carbons (Fsp3) is 0.455. The van der Waals surface area contributed by atoms with Gasteiger partial charge in [-0.1, -0.05) is 0 Å². The molecule has 1 aromatic carbocycles. The topological polar surface area (TPSA) is 32.7 Å². The Kier molecular flexibility index (Phi) is 4.86. The van der Waals surface area contributed by atoms with Gasteiger partial charge in [0, 0.05) is 6.54 Å². The SMILES string of the molecule is COc1cc(CN(C)CC(F)(F)F)cc(Br)c1O. The number of benzene rings is 1. The van der Waals surface area contributed by atoms with Crippen molar-refractivity contribution in [3.8, 4) is 11.5 Å². The van der Waals surface area contributed by atoms with Crippen molar-refractivity contribution in [1.82, 2.24) is 4.90 Å². The molecular formula is C11H13BrF3NO2. The van der Waals surface area contributed by atoms with E-state index in [0.29, 0.717) is 10.0 Å². The Balaban J connectivity index is 2.82. The monoisotopic (exact) mass is 327 g/mol. The second-order valence-electron chi connectivity index (χ2n) is 3.92. The first-order chi connectivity index (χ1) is 8.23. The predicted octanol–water partition coefficient (Wildman–Crippen LogP) is 3.16. The lowest BCUT2D eigenvalue weighted by Crippen LogP contribution is -2.30. The Labute approximate surface area is 111 Å². The van der Waals surface area contributed by atoms with E-state index in [1.54, 1.807) is 6.07 Å². The Hall–Kier alpha value is -0.950. The number of nitrogens with zero attached hydrogens (tertiary/aromatic N) is 1. The Morgan fingerprint density at radius 3 is 2.50 bits per heavy atom. The molecule has 0 bridgehead atoms. The highest BCUT2D eigenvalue weighted by Crippen LogP contribution is 2.35. The maximum absolute atomic E-state index is 12.2. The smallest absolute Gasteiger partial charge is 0.401 e. The molecule has 0 amide bonds. The first kappa shape index (κ1) is 15.1.